The van der Waals surface area contributed by atoms with E-state index in [1.54, 1.807) is 36.4 Å². The molecule has 1 aliphatic carbocycles. The molecule has 2 aromatic carbocycles. The number of hydrogen-bond donors (Lipinski definition) is 1. The number of sulfone groups is 1. The van der Waals surface area contributed by atoms with E-state index in [-0.39, 0.29) is 11.5 Å². The van der Waals surface area contributed by atoms with Gasteiger partial charge in [0.1, 0.15) is 11.2 Å². The van der Waals surface area contributed by atoms with Crippen molar-refractivity contribution in [3.05, 3.63) is 59.7 Å². The molecule has 0 saturated heterocycles. The topological polar surface area (TPSA) is 89.9 Å². The van der Waals surface area contributed by atoms with Gasteiger partial charge in [-0.1, -0.05) is 29.8 Å². The van der Waals surface area contributed by atoms with Gasteiger partial charge in [0.2, 0.25) is 0 Å². The van der Waals surface area contributed by atoms with Crippen molar-refractivity contribution in [3.63, 3.8) is 0 Å². The molecule has 1 fully saturated rings. The summed E-state index contributed by atoms with van der Waals surface area (Å²) in [6, 6.07) is 13.3. The van der Waals surface area contributed by atoms with Crippen LogP contribution in [0.5, 0.6) is 5.75 Å². The SMILES string of the molecule is COC[C@@]1(C(=O)O)[C@H](S(=O)(=O)c2ccc(C)cc2)[C@@H]1c1ccc(OC)cc1. The van der Waals surface area contributed by atoms with Gasteiger partial charge in [0.25, 0.3) is 0 Å². The molecule has 0 radical (unpaired) electrons. The van der Waals surface area contributed by atoms with Crippen molar-refractivity contribution in [3.8, 4) is 5.75 Å². The number of aryl methyl sites for hydroxylation is 1. The summed E-state index contributed by atoms with van der Waals surface area (Å²) < 4.78 is 36.8. The predicted molar refractivity (Wildman–Crippen MR) is 99.8 cm³/mol. The fourth-order valence-electron chi connectivity index (χ4n) is 3.75. The quantitative estimate of drug-likeness (QED) is 0.782. The average molecular weight is 390 g/mol. The maximum Gasteiger partial charge on any atom is 0.314 e. The summed E-state index contributed by atoms with van der Waals surface area (Å²) in [5, 5.41) is 8.82. The van der Waals surface area contributed by atoms with Crippen LogP contribution < -0.4 is 4.74 Å². The van der Waals surface area contributed by atoms with Crippen molar-refractivity contribution in [2.75, 3.05) is 20.8 Å². The van der Waals surface area contributed by atoms with E-state index in [0.29, 0.717) is 11.3 Å². The first-order chi connectivity index (χ1) is 12.8. The molecule has 0 amide bonds. The summed E-state index contributed by atoms with van der Waals surface area (Å²) in [5.41, 5.74) is 0.0429. The summed E-state index contributed by atoms with van der Waals surface area (Å²) in [6.07, 6.45) is 0. The van der Waals surface area contributed by atoms with Gasteiger partial charge in [0.05, 0.1) is 23.9 Å². The third-order valence-electron chi connectivity index (χ3n) is 5.20. The Morgan fingerprint density at radius 3 is 2.15 bits per heavy atom. The highest BCUT2D eigenvalue weighted by Gasteiger charge is 2.76. The van der Waals surface area contributed by atoms with E-state index in [1.807, 2.05) is 6.92 Å². The van der Waals surface area contributed by atoms with Crippen LogP contribution in [0, 0.1) is 12.3 Å². The van der Waals surface area contributed by atoms with Crippen LogP contribution in [-0.2, 0) is 19.4 Å². The van der Waals surface area contributed by atoms with Gasteiger partial charge in [-0.2, -0.15) is 0 Å². The maximum atomic E-state index is 13.3. The van der Waals surface area contributed by atoms with Crippen molar-refractivity contribution in [1.82, 2.24) is 0 Å². The number of carboxylic acids is 1. The summed E-state index contributed by atoms with van der Waals surface area (Å²) in [4.78, 5) is 12.3. The van der Waals surface area contributed by atoms with Crippen LogP contribution in [0.3, 0.4) is 0 Å². The molecular weight excluding hydrogens is 368 g/mol. The number of aliphatic carboxylic acids is 1. The van der Waals surface area contributed by atoms with E-state index in [2.05, 4.69) is 0 Å². The van der Waals surface area contributed by atoms with Gasteiger partial charge in [-0.05, 0) is 36.8 Å². The first-order valence-corrected chi connectivity index (χ1v) is 10.0. The fourth-order valence-corrected chi connectivity index (χ4v) is 6.10. The molecule has 0 spiro atoms. The van der Waals surface area contributed by atoms with E-state index < -0.39 is 32.4 Å². The molecule has 1 aliphatic rings. The van der Waals surface area contributed by atoms with Gasteiger partial charge in [0.15, 0.2) is 9.84 Å². The average Bonchev–Trinajstić information content (AvgIpc) is 3.33. The molecule has 7 heteroatoms. The Morgan fingerprint density at radius 2 is 1.67 bits per heavy atom. The number of rotatable bonds is 7. The monoisotopic (exact) mass is 390 g/mol. The van der Waals surface area contributed by atoms with Crippen molar-refractivity contribution >= 4 is 15.8 Å². The van der Waals surface area contributed by atoms with Crippen LogP contribution in [-0.4, -0.2) is 45.6 Å². The first kappa shape index (κ1) is 19.4. The lowest BCUT2D eigenvalue weighted by molar-refractivity contribution is -0.145. The summed E-state index contributed by atoms with van der Waals surface area (Å²) in [6.45, 7) is 1.68. The van der Waals surface area contributed by atoms with Gasteiger partial charge < -0.3 is 14.6 Å². The molecule has 0 aromatic heterocycles. The molecule has 6 nitrogen and oxygen atoms in total. The second kappa shape index (κ2) is 6.98. The standard InChI is InChI=1S/C20H22O6S/c1-13-4-10-16(11-5-13)27(23,24)18-17(20(18,12-25-2)19(21)22)14-6-8-15(26-3)9-7-14/h4-11,17-18H,12H2,1-3H3,(H,21,22)/t17-,18+,20-/m0/s1. The van der Waals surface area contributed by atoms with E-state index in [4.69, 9.17) is 9.47 Å². The zero-order chi connectivity index (χ0) is 19.8. The Bertz CT molecular complexity index is 933. The Hall–Kier alpha value is -2.38. The summed E-state index contributed by atoms with van der Waals surface area (Å²) in [5.74, 6) is -1.26. The second-order valence-corrected chi connectivity index (χ2v) is 8.88. The maximum absolute atomic E-state index is 13.3. The van der Waals surface area contributed by atoms with Crippen LogP contribution in [0.1, 0.15) is 17.0 Å². The van der Waals surface area contributed by atoms with Gasteiger partial charge in [-0.25, -0.2) is 8.42 Å². The lowest BCUT2D eigenvalue weighted by Gasteiger charge is -2.12. The third-order valence-corrected chi connectivity index (χ3v) is 7.49. The van der Waals surface area contributed by atoms with Gasteiger partial charge in [-0.3, -0.25) is 4.79 Å². The normalized spacial score (nSPS) is 24.4. The highest BCUT2D eigenvalue weighted by atomic mass is 32.2. The molecule has 0 aliphatic heterocycles. The molecule has 1 N–H and O–H groups in total. The van der Waals surface area contributed by atoms with Crippen molar-refractivity contribution < 1.29 is 27.8 Å². The Balaban J connectivity index is 2.09. The highest BCUT2D eigenvalue weighted by molar-refractivity contribution is 7.92. The first-order valence-electron chi connectivity index (χ1n) is 8.46. The Kier molecular flexibility index (Phi) is 5.01. The van der Waals surface area contributed by atoms with Gasteiger partial charge in [-0.15, -0.1) is 0 Å². The summed E-state index contributed by atoms with van der Waals surface area (Å²) in [7, 11) is -0.953. The van der Waals surface area contributed by atoms with Crippen molar-refractivity contribution in [2.45, 2.75) is 23.0 Å². The molecular formula is C20H22O6S. The smallest absolute Gasteiger partial charge is 0.314 e. The minimum absolute atomic E-state index is 0.121. The minimum Gasteiger partial charge on any atom is -0.497 e. The Morgan fingerprint density at radius 1 is 1.07 bits per heavy atom. The molecule has 0 heterocycles. The fraction of sp³-hybridized carbons (Fsp3) is 0.350. The van der Waals surface area contributed by atoms with Crippen LogP contribution in [0.4, 0.5) is 0 Å². The largest absolute Gasteiger partial charge is 0.497 e. The number of carboxylic acid groups (broad SMARTS) is 1. The number of hydrogen-bond acceptors (Lipinski definition) is 5. The highest BCUT2D eigenvalue weighted by Crippen LogP contribution is 2.64. The van der Waals surface area contributed by atoms with Gasteiger partial charge in [0, 0.05) is 13.0 Å². The van der Waals surface area contributed by atoms with E-state index in [1.165, 1.54) is 26.4 Å². The Labute approximate surface area is 158 Å². The zero-order valence-corrected chi connectivity index (χ0v) is 16.2. The molecule has 3 atom stereocenters. The van der Waals surface area contributed by atoms with E-state index >= 15 is 0 Å². The summed E-state index contributed by atoms with van der Waals surface area (Å²) >= 11 is 0. The number of methoxy groups -OCH3 is 2. The third kappa shape index (κ3) is 3.11. The predicted octanol–water partition coefficient (Wildman–Crippen LogP) is 2.66. The molecule has 3 rings (SSSR count). The van der Waals surface area contributed by atoms with Crippen molar-refractivity contribution in [2.24, 2.45) is 5.41 Å². The number of benzene rings is 2. The van der Waals surface area contributed by atoms with Gasteiger partial charge >= 0.3 is 5.97 Å². The molecule has 0 bridgehead atoms. The van der Waals surface area contributed by atoms with Crippen LogP contribution in [0.25, 0.3) is 0 Å². The lowest BCUT2D eigenvalue weighted by atomic mass is 10.00. The molecule has 27 heavy (non-hydrogen) atoms. The van der Waals surface area contributed by atoms with Crippen LogP contribution in [0.15, 0.2) is 53.4 Å². The molecule has 0 unspecified atom stereocenters. The van der Waals surface area contributed by atoms with E-state index in [9.17, 15) is 18.3 Å². The second-order valence-electron chi connectivity index (χ2n) is 6.81. The minimum atomic E-state index is -3.86. The number of ether oxygens (including phenoxy) is 2. The van der Waals surface area contributed by atoms with Crippen molar-refractivity contribution in [1.29, 1.82) is 0 Å². The molecule has 1 saturated carbocycles. The van der Waals surface area contributed by atoms with Crippen LogP contribution in [0.2, 0.25) is 0 Å². The van der Waals surface area contributed by atoms with Crippen LogP contribution >= 0.6 is 0 Å². The molecule has 2 aromatic rings. The zero-order valence-electron chi connectivity index (χ0n) is 15.4. The molecule has 144 valence electrons. The van der Waals surface area contributed by atoms with E-state index in [0.717, 1.165) is 5.56 Å². The lowest BCUT2D eigenvalue weighted by Crippen LogP contribution is -2.28. The number of carbonyl (C=O) groups is 1.